The fourth-order valence-electron chi connectivity index (χ4n) is 1.70. The molecule has 1 rings (SSSR count). The summed E-state index contributed by atoms with van der Waals surface area (Å²) in [5.41, 5.74) is 0.221. The molecule has 1 amide bonds. The van der Waals surface area contributed by atoms with Crippen LogP contribution in [0.1, 0.15) is 39.3 Å². The number of hydrogen-bond donors (Lipinski definition) is 1. The van der Waals surface area contributed by atoms with E-state index in [1.807, 2.05) is 0 Å². The molecular formula is C15H20ClNO3. The van der Waals surface area contributed by atoms with Crippen LogP contribution in [0.5, 0.6) is 0 Å². The maximum absolute atomic E-state index is 11.9. The van der Waals surface area contributed by atoms with E-state index in [0.717, 1.165) is 11.8 Å². The van der Waals surface area contributed by atoms with Crippen LogP contribution in [0.4, 0.5) is 4.79 Å². The highest BCUT2D eigenvalue weighted by atomic mass is 35.5. The van der Waals surface area contributed by atoms with Gasteiger partial charge in [0.1, 0.15) is 11.9 Å². The summed E-state index contributed by atoms with van der Waals surface area (Å²) >= 11 is 5.84. The molecule has 1 aromatic carbocycles. The van der Waals surface area contributed by atoms with Crippen LogP contribution in [0.2, 0.25) is 5.02 Å². The molecule has 0 aliphatic heterocycles. The van der Waals surface area contributed by atoms with Gasteiger partial charge in [0.2, 0.25) is 0 Å². The lowest BCUT2D eigenvalue weighted by atomic mass is 9.96. The molecule has 4 nitrogen and oxygen atoms in total. The van der Waals surface area contributed by atoms with Crippen molar-refractivity contribution in [2.45, 2.75) is 39.3 Å². The van der Waals surface area contributed by atoms with Gasteiger partial charge in [-0.3, -0.25) is 0 Å². The standard InChI is InChI=1S/C15H20ClNO3/c1-10(9-18)13(11-5-7-12(16)8-6-11)17-14(19)20-15(2,3)4/h5-10,13H,1-4H3,(H,17,19)/t10-,13+/m1/s1. The smallest absolute Gasteiger partial charge is 0.408 e. The van der Waals surface area contributed by atoms with Crippen molar-refractivity contribution >= 4 is 24.0 Å². The molecule has 0 fully saturated rings. The van der Waals surface area contributed by atoms with E-state index in [9.17, 15) is 9.59 Å². The Morgan fingerprint density at radius 1 is 1.30 bits per heavy atom. The van der Waals surface area contributed by atoms with Crippen LogP contribution in [0, 0.1) is 5.92 Å². The molecule has 0 aromatic heterocycles. The normalized spacial score (nSPS) is 14.2. The van der Waals surface area contributed by atoms with Crippen LogP contribution in [-0.2, 0) is 9.53 Å². The Hall–Kier alpha value is -1.55. The minimum absolute atomic E-state index is 0.372. The summed E-state index contributed by atoms with van der Waals surface area (Å²) in [6.07, 6.45) is 0.252. The topological polar surface area (TPSA) is 55.4 Å². The summed E-state index contributed by atoms with van der Waals surface area (Å²) in [5.74, 6) is -0.372. The average Bonchev–Trinajstić information content (AvgIpc) is 2.34. The van der Waals surface area contributed by atoms with E-state index in [4.69, 9.17) is 16.3 Å². The van der Waals surface area contributed by atoms with Crippen molar-refractivity contribution in [2.75, 3.05) is 0 Å². The summed E-state index contributed by atoms with van der Waals surface area (Å²) < 4.78 is 5.22. The predicted molar refractivity (Wildman–Crippen MR) is 78.8 cm³/mol. The molecule has 0 saturated carbocycles. The molecule has 1 aromatic rings. The minimum Gasteiger partial charge on any atom is -0.444 e. The zero-order chi connectivity index (χ0) is 15.3. The average molecular weight is 298 g/mol. The highest BCUT2D eigenvalue weighted by molar-refractivity contribution is 6.30. The van der Waals surface area contributed by atoms with Crippen molar-refractivity contribution in [1.29, 1.82) is 0 Å². The van der Waals surface area contributed by atoms with E-state index in [1.54, 1.807) is 52.0 Å². The van der Waals surface area contributed by atoms with E-state index in [1.165, 1.54) is 0 Å². The molecular weight excluding hydrogens is 278 g/mol. The van der Waals surface area contributed by atoms with Crippen molar-refractivity contribution in [3.8, 4) is 0 Å². The van der Waals surface area contributed by atoms with Crippen LogP contribution in [-0.4, -0.2) is 18.0 Å². The van der Waals surface area contributed by atoms with Gasteiger partial charge >= 0.3 is 6.09 Å². The molecule has 0 bridgehead atoms. The van der Waals surface area contributed by atoms with Gasteiger partial charge in [0, 0.05) is 10.9 Å². The lowest BCUT2D eigenvalue weighted by molar-refractivity contribution is -0.111. The number of halogens is 1. The van der Waals surface area contributed by atoms with E-state index in [2.05, 4.69) is 5.32 Å². The molecule has 0 heterocycles. The summed E-state index contributed by atoms with van der Waals surface area (Å²) in [7, 11) is 0. The maximum Gasteiger partial charge on any atom is 0.408 e. The van der Waals surface area contributed by atoms with Gasteiger partial charge in [0.05, 0.1) is 6.04 Å². The molecule has 0 spiro atoms. The second-order valence-corrected chi connectivity index (χ2v) is 6.11. The second kappa shape index (κ2) is 6.75. The molecule has 5 heteroatoms. The fourth-order valence-corrected chi connectivity index (χ4v) is 1.83. The Labute approximate surface area is 124 Å². The number of rotatable bonds is 4. The number of carbonyl (C=O) groups excluding carboxylic acids is 2. The van der Waals surface area contributed by atoms with Gasteiger partial charge in [0.25, 0.3) is 0 Å². The number of hydrogen-bond acceptors (Lipinski definition) is 3. The third kappa shape index (κ3) is 5.21. The zero-order valence-corrected chi connectivity index (χ0v) is 12.9. The summed E-state index contributed by atoms with van der Waals surface area (Å²) in [6, 6.07) is 6.56. The summed E-state index contributed by atoms with van der Waals surface area (Å²) in [6.45, 7) is 7.09. The van der Waals surface area contributed by atoms with E-state index >= 15 is 0 Å². The minimum atomic E-state index is -0.584. The van der Waals surface area contributed by atoms with Crippen molar-refractivity contribution in [2.24, 2.45) is 5.92 Å². The zero-order valence-electron chi connectivity index (χ0n) is 12.1. The van der Waals surface area contributed by atoms with E-state index in [-0.39, 0.29) is 5.92 Å². The van der Waals surface area contributed by atoms with Crippen molar-refractivity contribution in [3.63, 3.8) is 0 Å². The van der Waals surface area contributed by atoms with Crippen molar-refractivity contribution < 1.29 is 14.3 Å². The SMILES string of the molecule is C[C@H](C=O)[C@H](NC(=O)OC(C)(C)C)c1ccc(Cl)cc1. The lowest BCUT2D eigenvalue weighted by Crippen LogP contribution is -2.37. The van der Waals surface area contributed by atoms with Crippen LogP contribution in [0.3, 0.4) is 0 Å². The first-order chi connectivity index (χ1) is 9.23. The van der Waals surface area contributed by atoms with Gasteiger partial charge in [-0.15, -0.1) is 0 Å². The highest BCUT2D eigenvalue weighted by Gasteiger charge is 2.24. The Bertz CT molecular complexity index is 465. The summed E-state index contributed by atoms with van der Waals surface area (Å²) in [5, 5.41) is 3.32. The number of carbonyl (C=O) groups is 2. The molecule has 0 aliphatic rings. The number of nitrogens with one attached hydrogen (secondary N) is 1. The number of alkyl carbamates (subject to hydrolysis) is 1. The first-order valence-corrected chi connectivity index (χ1v) is 6.81. The van der Waals surface area contributed by atoms with Crippen LogP contribution in [0.25, 0.3) is 0 Å². The molecule has 2 atom stereocenters. The largest absolute Gasteiger partial charge is 0.444 e. The molecule has 0 unspecified atom stereocenters. The van der Waals surface area contributed by atoms with Gasteiger partial charge in [-0.2, -0.15) is 0 Å². The van der Waals surface area contributed by atoms with Gasteiger partial charge in [-0.1, -0.05) is 30.7 Å². The lowest BCUT2D eigenvalue weighted by Gasteiger charge is -2.25. The summed E-state index contributed by atoms with van der Waals surface area (Å²) in [4.78, 5) is 22.9. The highest BCUT2D eigenvalue weighted by Crippen LogP contribution is 2.23. The number of benzene rings is 1. The third-order valence-electron chi connectivity index (χ3n) is 2.64. The molecule has 0 radical (unpaired) electrons. The van der Waals surface area contributed by atoms with Crippen LogP contribution >= 0.6 is 11.6 Å². The Morgan fingerprint density at radius 3 is 2.30 bits per heavy atom. The Balaban J connectivity index is 2.88. The fraction of sp³-hybridized carbons (Fsp3) is 0.467. The van der Waals surface area contributed by atoms with Crippen LogP contribution < -0.4 is 5.32 Å². The first-order valence-electron chi connectivity index (χ1n) is 6.43. The Kier molecular flexibility index (Phi) is 5.57. The second-order valence-electron chi connectivity index (χ2n) is 5.67. The van der Waals surface area contributed by atoms with Gasteiger partial charge < -0.3 is 14.8 Å². The molecule has 0 saturated heterocycles. The van der Waals surface area contributed by atoms with Gasteiger partial charge in [0.15, 0.2) is 0 Å². The monoisotopic (exact) mass is 297 g/mol. The molecule has 0 aliphatic carbocycles. The van der Waals surface area contributed by atoms with Crippen molar-refractivity contribution in [3.05, 3.63) is 34.9 Å². The quantitative estimate of drug-likeness (QED) is 0.861. The van der Waals surface area contributed by atoms with Crippen LogP contribution in [0.15, 0.2) is 24.3 Å². The predicted octanol–water partition coefficient (Wildman–Crippen LogP) is 3.74. The van der Waals surface area contributed by atoms with E-state index in [0.29, 0.717) is 5.02 Å². The molecule has 20 heavy (non-hydrogen) atoms. The number of ether oxygens (including phenoxy) is 1. The van der Waals surface area contributed by atoms with E-state index < -0.39 is 17.7 Å². The number of amides is 1. The molecule has 1 N–H and O–H groups in total. The van der Waals surface area contributed by atoms with Gasteiger partial charge in [-0.25, -0.2) is 4.79 Å². The molecule has 110 valence electrons. The number of aldehydes is 1. The maximum atomic E-state index is 11.9. The third-order valence-corrected chi connectivity index (χ3v) is 2.89. The van der Waals surface area contributed by atoms with Crippen molar-refractivity contribution in [1.82, 2.24) is 5.32 Å². The Morgan fingerprint density at radius 2 is 1.85 bits per heavy atom. The van der Waals surface area contributed by atoms with Gasteiger partial charge in [-0.05, 0) is 38.5 Å². The first kappa shape index (κ1) is 16.5.